The molecule has 98 valence electrons. The van der Waals surface area contributed by atoms with Gasteiger partial charge in [0.1, 0.15) is 5.82 Å². The first-order chi connectivity index (χ1) is 8.54. The zero-order valence-corrected chi connectivity index (χ0v) is 10.6. The number of amides is 1. The summed E-state index contributed by atoms with van der Waals surface area (Å²) in [6, 6.07) is 4.28. The van der Waals surface area contributed by atoms with Crippen LogP contribution in [0.3, 0.4) is 0 Å². The second kappa shape index (κ2) is 5.65. The van der Waals surface area contributed by atoms with E-state index in [2.05, 4.69) is 5.32 Å². The third-order valence-electron chi connectivity index (χ3n) is 2.88. The molecule has 18 heavy (non-hydrogen) atoms. The standard InChI is InChI=1S/C12H15ClFN3O/c13-8-1-2-11(10(14)5-8)16-12(18)7-17-4-3-9(15)6-17/h1-2,5,9H,3-4,6-7,15H2,(H,16,18)/t9-/m1/s1. The number of nitrogens with two attached hydrogens (primary N) is 1. The summed E-state index contributed by atoms with van der Waals surface area (Å²) >= 11 is 5.63. The minimum atomic E-state index is -0.533. The lowest BCUT2D eigenvalue weighted by atomic mass is 10.3. The Morgan fingerprint density at radius 2 is 2.39 bits per heavy atom. The van der Waals surface area contributed by atoms with Gasteiger partial charge in [-0.1, -0.05) is 11.6 Å². The van der Waals surface area contributed by atoms with Crippen molar-refractivity contribution in [2.45, 2.75) is 12.5 Å². The van der Waals surface area contributed by atoms with Crippen LogP contribution >= 0.6 is 11.6 Å². The second-order valence-electron chi connectivity index (χ2n) is 4.46. The van der Waals surface area contributed by atoms with E-state index in [1.807, 2.05) is 4.90 Å². The number of nitrogens with one attached hydrogen (secondary N) is 1. The van der Waals surface area contributed by atoms with Crippen molar-refractivity contribution in [1.29, 1.82) is 0 Å². The molecule has 0 bridgehead atoms. The van der Waals surface area contributed by atoms with Crippen LogP contribution in [0.15, 0.2) is 18.2 Å². The van der Waals surface area contributed by atoms with Gasteiger partial charge in [-0.3, -0.25) is 9.69 Å². The first kappa shape index (κ1) is 13.3. The Morgan fingerprint density at radius 3 is 3.00 bits per heavy atom. The number of hydrogen-bond acceptors (Lipinski definition) is 3. The van der Waals surface area contributed by atoms with Gasteiger partial charge in [0.25, 0.3) is 0 Å². The van der Waals surface area contributed by atoms with Crippen LogP contribution in [0.2, 0.25) is 5.02 Å². The van der Waals surface area contributed by atoms with Crippen molar-refractivity contribution in [2.24, 2.45) is 5.73 Å². The average Bonchev–Trinajstić information content (AvgIpc) is 2.68. The number of carbonyl (C=O) groups excluding carboxylic acids is 1. The largest absolute Gasteiger partial charge is 0.326 e. The Kier molecular flexibility index (Phi) is 4.16. The van der Waals surface area contributed by atoms with E-state index in [0.29, 0.717) is 11.6 Å². The van der Waals surface area contributed by atoms with Gasteiger partial charge in [0, 0.05) is 24.2 Å². The molecule has 1 atom stereocenters. The quantitative estimate of drug-likeness (QED) is 0.875. The number of benzene rings is 1. The maximum Gasteiger partial charge on any atom is 0.238 e. The van der Waals surface area contributed by atoms with E-state index in [1.54, 1.807) is 0 Å². The Labute approximate surface area is 110 Å². The second-order valence-corrected chi connectivity index (χ2v) is 4.89. The summed E-state index contributed by atoms with van der Waals surface area (Å²) in [5.74, 6) is -0.778. The fraction of sp³-hybridized carbons (Fsp3) is 0.417. The van der Waals surface area contributed by atoms with Crippen LogP contribution < -0.4 is 11.1 Å². The Hall–Kier alpha value is -1.17. The zero-order valence-electron chi connectivity index (χ0n) is 9.83. The molecule has 1 heterocycles. The topological polar surface area (TPSA) is 58.4 Å². The van der Waals surface area contributed by atoms with Gasteiger partial charge in [-0.25, -0.2) is 4.39 Å². The Morgan fingerprint density at radius 1 is 1.61 bits per heavy atom. The minimum Gasteiger partial charge on any atom is -0.326 e. The summed E-state index contributed by atoms with van der Waals surface area (Å²) < 4.78 is 13.5. The van der Waals surface area contributed by atoms with E-state index >= 15 is 0 Å². The van der Waals surface area contributed by atoms with E-state index in [9.17, 15) is 9.18 Å². The number of carbonyl (C=O) groups is 1. The number of halogens is 2. The minimum absolute atomic E-state index is 0.130. The predicted molar refractivity (Wildman–Crippen MR) is 69.1 cm³/mol. The van der Waals surface area contributed by atoms with Crippen LogP contribution in [0.25, 0.3) is 0 Å². The molecule has 0 saturated carbocycles. The van der Waals surface area contributed by atoms with Crippen molar-refractivity contribution in [3.63, 3.8) is 0 Å². The first-order valence-electron chi connectivity index (χ1n) is 5.77. The third-order valence-corrected chi connectivity index (χ3v) is 3.12. The highest BCUT2D eigenvalue weighted by molar-refractivity contribution is 6.30. The molecular weight excluding hydrogens is 257 g/mol. The third kappa shape index (κ3) is 3.41. The Balaban J connectivity index is 1.91. The maximum absolute atomic E-state index is 13.5. The van der Waals surface area contributed by atoms with Gasteiger partial charge in [-0.15, -0.1) is 0 Å². The molecule has 1 aliphatic heterocycles. The lowest BCUT2D eigenvalue weighted by Crippen LogP contribution is -2.33. The molecule has 0 spiro atoms. The fourth-order valence-electron chi connectivity index (χ4n) is 1.99. The molecule has 0 aliphatic carbocycles. The molecule has 1 aromatic rings. The molecule has 4 nitrogen and oxygen atoms in total. The number of anilines is 1. The van der Waals surface area contributed by atoms with Gasteiger partial charge in [-0.2, -0.15) is 0 Å². The van der Waals surface area contributed by atoms with E-state index in [-0.39, 0.29) is 24.2 Å². The number of likely N-dealkylation sites (tertiary alicyclic amines) is 1. The van der Waals surface area contributed by atoms with Crippen molar-refractivity contribution in [2.75, 3.05) is 25.0 Å². The van der Waals surface area contributed by atoms with Crippen LogP contribution in [-0.2, 0) is 4.79 Å². The summed E-state index contributed by atoms with van der Waals surface area (Å²) in [6.07, 6.45) is 0.891. The summed E-state index contributed by atoms with van der Waals surface area (Å²) in [6.45, 7) is 1.74. The van der Waals surface area contributed by atoms with Gasteiger partial charge in [0.2, 0.25) is 5.91 Å². The molecule has 1 aromatic carbocycles. The smallest absolute Gasteiger partial charge is 0.238 e. The molecule has 0 radical (unpaired) electrons. The average molecular weight is 272 g/mol. The highest BCUT2D eigenvalue weighted by Crippen LogP contribution is 2.18. The van der Waals surface area contributed by atoms with E-state index < -0.39 is 5.82 Å². The molecular formula is C12H15ClFN3O. The van der Waals surface area contributed by atoms with Crippen LogP contribution in [0.1, 0.15) is 6.42 Å². The van der Waals surface area contributed by atoms with Gasteiger partial charge in [0.15, 0.2) is 0 Å². The monoisotopic (exact) mass is 271 g/mol. The summed E-state index contributed by atoms with van der Waals surface area (Å²) in [5, 5.41) is 2.83. The number of rotatable bonds is 3. The van der Waals surface area contributed by atoms with Gasteiger partial charge >= 0.3 is 0 Å². The van der Waals surface area contributed by atoms with Crippen LogP contribution in [0, 0.1) is 5.82 Å². The summed E-state index contributed by atoms with van der Waals surface area (Å²) in [4.78, 5) is 13.7. The summed E-state index contributed by atoms with van der Waals surface area (Å²) in [5.41, 5.74) is 5.89. The van der Waals surface area contributed by atoms with E-state index in [1.165, 1.54) is 18.2 Å². The van der Waals surface area contributed by atoms with Crippen molar-refractivity contribution < 1.29 is 9.18 Å². The predicted octanol–water partition coefficient (Wildman–Crippen LogP) is 1.45. The molecule has 6 heteroatoms. The van der Waals surface area contributed by atoms with E-state index in [0.717, 1.165) is 13.0 Å². The van der Waals surface area contributed by atoms with Crippen LogP contribution in [0.4, 0.5) is 10.1 Å². The SMILES string of the molecule is N[C@@H]1CCN(CC(=O)Nc2ccc(Cl)cc2F)C1. The maximum atomic E-state index is 13.5. The Bertz CT molecular complexity index is 455. The first-order valence-corrected chi connectivity index (χ1v) is 6.15. The summed E-state index contributed by atoms with van der Waals surface area (Å²) in [7, 11) is 0. The molecule has 1 aliphatic rings. The molecule has 3 N–H and O–H groups in total. The normalized spacial score (nSPS) is 20.1. The van der Waals surface area contributed by atoms with Gasteiger partial charge in [0.05, 0.1) is 12.2 Å². The molecule has 1 saturated heterocycles. The molecule has 1 fully saturated rings. The molecule has 0 unspecified atom stereocenters. The van der Waals surface area contributed by atoms with Crippen molar-refractivity contribution in [3.05, 3.63) is 29.0 Å². The van der Waals surface area contributed by atoms with Crippen molar-refractivity contribution >= 4 is 23.2 Å². The van der Waals surface area contributed by atoms with Crippen molar-refractivity contribution in [1.82, 2.24) is 4.90 Å². The molecule has 2 rings (SSSR count). The van der Waals surface area contributed by atoms with E-state index in [4.69, 9.17) is 17.3 Å². The van der Waals surface area contributed by atoms with Gasteiger partial charge < -0.3 is 11.1 Å². The number of nitrogens with zero attached hydrogens (tertiary/aromatic N) is 1. The van der Waals surface area contributed by atoms with Crippen molar-refractivity contribution in [3.8, 4) is 0 Å². The van der Waals surface area contributed by atoms with Gasteiger partial charge in [-0.05, 0) is 24.6 Å². The highest BCUT2D eigenvalue weighted by atomic mass is 35.5. The van der Waals surface area contributed by atoms with Crippen LogP contribution in [0.5, 0.6) is 0 Å². The molecule has 1 amide bonds. The fourth-order valence-corrected chi connectivity index (χ4v) is 2.15. The number of hydrogen-bond donors (Lipinski definition) is 2. The zero-order chi connectivity index (χ0) is 13.1. The lowest BCUT2D eigenvalue weighted by molar-refractivity contribution is -0.117. The highest BCUT2D eigenvalue weighted by Gasteiger charge is 2.21. The van der Waals surface area contributed by atoms with Crippen LogP contribution in [-0.4, -0.2) is 36.5 Å². The molecule has 0 aromatic heterocycles. The lowest BCUT2D eigenvalue weighted by Gasteiger charge is -2.14.